The Bertz CT molecular complexity index is 518. The maximum atomic E-state index is 12.2. The van der Waals surface area contributed by atoms with Crippen molar-refractivity contribution >= 4 is 11.7 Å². The van der Waals surface area contributed by atoms with Gasteiger partial charge in [0, 0.05) is 17.0 Å². The lowest BCUT2D eigenvalue weighted by Crippen LogP contribution is -2.46. The van der Waals surface area contributed by atoms with Gasteiger partial charge in [0.05, 0.1) is 13.7 Å². The summed E-state index contributed by atoms with van der Waals surface area (Å²) < 4.78 is 10.1. The van der Waals surface area contributed by atoms with E-state index in [0.29, 0.717) is 24.3 Å². The molecule has 0 amide bonds. The van der Waals surface area contributed by atoms with Gasteiger partial charge in [-0.15, -0.1) is 0 Å². The third-order valence-electron chi connectivity index (χ3n) is 3.71. The lowest BCUT2D eigenvalue weighted by atomic mass is 10.0. The Labute approximate surface area is 142 Å². The number of benzene rings is 1. The van der Waals surface area contributed by atoms with Crippen LogP contribution in [-0.2, 0) is 9.53 Å². The van der Waals surface area contributed by atoms with Crippen molar-refractivity contribution in [3.05, 3.63) is 34.4 Å². The normalized spacial score (nSPS) is 13.0. The van der Waals surface area contributed by atoms with Gasteiger partial charge in [-0.2, -0.15) is 0 Å². The van der Waals surface area contributed by atoms with Crippen molar-refractivity contribution in [3.8, 4) is 5.75 Å². The summed E-state index contributed by atoms with van der Waals surface area (Å²) in [6.45, 7) is 3.89. The number of carbonyl (C=O) groups excluding carboxylic acids is 1. The predicted octanol–water partition coefficient (Wildman–Crippen LogP) is 3.26. The van der Waals surface area contributed by atoms with Crippen LogP contribution in [0.3, 0.4) is 0 Å². The van der Waals surface area contributed by atoms with E-state index in [1.807, 2.05) is 6.92 Å². The molecule has 0 aliphatic rings. The van der Waals surface area contributed by atoms with Crippen molar-refractivity contribution in [2.24, 2.45) is 0 Å². The zero-order valence-electron chi connectivity index (χ0n) is 14.5. The van der Waals surface area contributed by atoms with Crippen molar-refractivity contribution in [3.63, 3.8) is 0 Å². The van der Waals surface area contributed by atoms with E-state index in [2.05, 4.69) is 5.32 Å². The minimum absolute atomic E-state index is 0.180. The van der Waals surface area contributed by atoms with E-state index in [1.165, 1.54) is 0 Å². The molecule has 0 aliphatic carbocycles. The molecule has 0 saturated heterocycles. The van der Waals surface area contributed by atoms with Crippen LogP contribution in [0.25, 0.3) is 0 Å². The van der Waals surface area contributed by atoms with Crippen LogP contribution >= 0.6 is 0 Å². The number of carbonyl (C=O) groups is 1. The highest BCUT2D eigenvalue weighted by Gasteiger charge is 2.37. The number of nitro groups is 1. The van der Waals surface area contributed by atoms with Gasteiger partial charge in [0.1, 0.15) is 5.75 Å². The van der Waals surface area contributed by atoms with E-state index in [4.69, 9.17) is 9.47 Å². The molecule has 7 nitrogen and oxygen atoms in total. The van der Waals surface area contributed by atoms with Crippen molar-refractivity contribution in [1.82, 2.24) is 0 Å². The number of nitrogens with zero attached hydrogens (tertiary/aromatic N) is 1. The molecule has 24 heavy (non-hydrogen) atoms. The van der Waals surface area contributed by atoms with Gasteiger partial charge >= 0.3 is 5.97 Å². The zero-order chi connectivity index (χ0) is 17.9. The molecule has 1 aromatic carbocycles. The number of ether oxygens (including phenoxy) is 2. The maximum Gasteiger partial charge on any atom is 0.335 e. The molecule has 2 atom stereocenters. The summed E-state index contributed by atoms with van der Waals surface area (Å²) in [5.74, 6) is 0.0634. The SMILES string of the molecule is CCCCC[C@H]([C@@H](Nc1ccc(OC)cc1)C(=O)OCC)[N+](=O)[O-]. The Hall–Kier alpha value is -2.31. The van der Waals surface area contributed by atoms with E-state index in [0.717, 1.165) is 12.8 Å². The lowest BCUT2D eigenvalue weighted by Gasteiger charge is -2.21. The highest BCUT2D eigenvalue weighted by Crippen LogP contribution is 2.19. The Morgan fingerprint density at radius 3 is 2.42 bits per heavy atom. The molecule has 0 saturated carbocycles. The van der Waals surface area contributed by atoms with Crippen LogP contribution in [-0.4, -0.2) is 36.7 Å². The van der Waals surface area contributed by atoms with Gasteiger partial charge in [0.15, 0.2) is 6.04 Å². The Kier molecular flexibility index (Phi) is 8.60. The molecule has 7 heteroatoms. The summed E-state index contributed by atoms with van der Waals surface area (Å²) in [4.78, 5) is 23.3. The first-order chi connectivity index (χ1) is 11.5. The van der Waals surface area contributed by atoms with E-state index in [9.17, 15) is 14.9 Å². The molecule has 0 aromatic heterocycles. The van der Waals surface area contributed by atoms with E-state index >= 15 is 0 Å². The summed E-state index contributed by atoms with van der Waals surface area (Å²) in [7, 11) is 1.56. The second-order valence-electron chi connectivity index (χ2n) is 5.45. The molecule has 0 bridgehead atoms. The van der Waals surface area contributed by atoms with Gasteiger partial charge in [0.2, 0.25) is 6.04 Å². The first-order valence-corrected chi connectivity index (χ1v) is 8.24. The quantitative estimate of drug-likeness (QED) is 0.288. The van der Waals surface area contributed by atoms with Gasteiger partial charge in [-0.3, -0.25) is 10.1 Å². The fourth-order valence-corrected chi connectivity index (χ4v) is 2.41. The Balaban J connectivity index is 2.94. The minimum Gasteiger partial charge on any atom is -0.497 e. The molecule has 0 spiro atoms. The van der Waals surface area contributed by atoms with Crippen LogP contribution in [0, 0.1) is 10.1 Å². The molecule has 0 fully saturated rings. The number of hydrogen-bond acceptors (Lipinski definition) is 6. The number of esters is 1. The van der Waals surface area contributed by atoms with Crippen LogP contribution in [0.5, 0.6) is 5.75 Å². The largest absolute Gasteiger partial charge is 0.497 e. The third kappa shape index (κ3) is 6.06. The number of methoxy groups -OCH3 is 1. The zero-order valence-corrected chi connectivity index (χ0v) is 14.5. The Morgan fingerprint density at radius 1 is 1.25 bits per heavy atom. The molecule has 1 rings (SSSR count). The van der Waals surface area contributed by atoms with E-state index < -0.39 is 23.0 Å². The molecular weight excluding hydrogens is 312 g/mol. The van der Waals surface area contributed by atoms with Crippen molar-refractivity contribution < 1.29 is 19.2 Å². The molecule has 0 unspecified atom stereocenters. The second-order valence-corrected chi connectivity index (χ2v) is 5.45. The van der Waals surface area contributed by atoms with Gasteiger partial charge in [0.25, 0.3) is 0 Å². The van der Waals surface area contributed by atoms with Crippen LogP contribution in [0.1, 0.15) is 39.5 Å². The standard InChI is InChI=1S/C17H26N2O5/c1-4-6-7-8-15(19(21)22)16(17(20)24-5-2)18-13-9-11-14(23-3)12-10-13/h9-12,15-16,18H,4-8H2,1-3H3/t15-,16-/m1/s1. The molecule has 0 radical (unpaired) electrons. The fraction of sp³-hybridized carbons (Fsp3) is 0.588. The number of hydrogen-bond donors (Lipinski definition) is 1. The van der Waals surface area contributed by atoms with Crippen LogP contribution in [0.4, 0.5) is 5.69 Å². The van der Waals surface area contributed by atoms with Gasteiger partial charge in [-0.05, 0) is 37.6 Å². The van der Waals surface area contributed by atoms with Crippen molar-refractivity contribution in [2.45, 2.75) is 51.6 Å². The first-order valence-electron chi connectivity index (χ1n) is 8.24. The molecule has 134 valence electrons. The van der Waals surface area contributed by atoms with Gasteiger partial charge in [-0.1, -0.05) is 19.8 Å². The average Bonchev–Trinajstić information content (AvgIpc) is 2.57. The second kappa shape index (κ2) is 10.5. The van der Waals surface area contributed by atoms with Gasteiger partial charge < -0.3 is 14.8 Å². The topological polar surface area (TPSA) is 90.7 Å². The van der Waals surface area contributed by atoms with Crippen LogP contribution < -0.4 is 10.1 Å². The highest BCUT2D eigenvalue weighted by atomic mass is 16.6. The van der Waals surface area contributed by atoms with Crippen molar-refractivity contribution in [2.75, 3.05) is 19.0 Å². The summed E-state index contributed by atoms with van der Waals surface area (Å²) in [6, 6.07) is 4.83. The first kappa shape index (κ1) is 19.7. The summed E-state index contributed by atoms with van der Waals surface area (Å²) in [5, 5.41) is 14.4. The van der Waals surface area contributed by atoms with E-state index in [1.54, 1.807) is 38.3 Å². The number of unbranched alkanes of at least 4 members (excludes halogenated alkanes) is 2. The third-order valence-corrected chi connectivity index (χ3v) is 3.71. The maximum absolute atomic E-state index is 12.2. The monoisotopic (exact) mass is 338 g/mol. The summed E-state index contributed by atoms with van der Waals surface area (Å²) in [5.41, 5.74) is 0.608. The van der Waals surface area contributed by atoms with E-state index in [-0.39, 0.29) is 6.61 Å². The van der Waals surface area contributed by atoms with Crippen molar-refractivity contribution in [1.29, 1.82) is 0 Å². The molecular formula is C17H26N2O5. The molecule has 0 aliphatic heterocycles. The number of anilines is 1. The van der Waals surface area contributed by atoms with Crippen LogP contribution in [0.2, 0.25) is 0 Å². The minimum atomic E-state index is -1.03. The summed E-state index contributed by atoms with van der Waals surface area (Å²) >= 11 is 0. The molecule has 1 N–H and O–H groups in total. The number of rotatable bonds is 11. The molecule has 0 heterocycles. The average molecular weight is 338 g/mol. The highest BCUT2D eigenvalue weighted by molar-refractivity contribution is 5.80. The predicted molar refractivity (Wildman–Crippen MR) is 92.0 cm³/mol. The fourth-order valence-electron chi connectivity index (χ4n) is 2.41. The smallest absolute Gasteiger partial charge is 0.335 e. The number of nitrogens with one attached hydrogen (secondary N) is 1. The Morgan fingerprint density at radius 2 is 1.92 bits per heavy atom. The van der Waals surface area contributed by atoms with Gasteiger partial charge in [-0.25, -0.2) is 4.79 Å². The lowest BCUT2D eigenvalue weighted by molar-refractivity contribution is -0.524. The van der Waals surface area contributed by atoms with Crippen LogP contribution in [0.15, 0.2) is 24.3 Å². The summed E-state index contributed by atoms with van der Waals surface area (Å²) in [6.07, 6.45) is 2.87. The molecule has 1 aromatic rings.